The Labute approximate surface area is 82.0 Å². The largest absolute Gasteiger partial charge is 0.508 e. The van der Waals surface area contributed by atoms with E-state index in [-0.39, 0.29) is 12.2 Å². The summed E-state index contributed by atoms with van der Waals surface area (Å²) in [7, 11) is 0. The molecule has 14 heavy (non-hydrogen) atoms. The fourth-order valence-corrected chi connectivity index (χ4v) is 1.71. The minimum atomic E-state index is -0.895. The highest BCUT2D eigenvalue weighted by molar-refractivity contribution is 5.72. The van der Waals surface area contributed by atoms with E-state index in [2.05, 4.69) is 0 Å². The van der Waals surface area contributed by atoms with Crippen molar-refractivity contribution in [2.24, 2.45) is 0 Å². The first-order chi connectivity index (χ1) is 6.68. The van der Waals surface area contributed by atoms with Crippen LogP contribution >= 0.6 is 0 Å². The molecule has 0 unspecified atom stereocenters. The lowest BCUT2D eigenvalue weighted by molar-refractivity contribution is -0.136. The number of benzene rings is 1. The van der Waals surface area contributed by atoms with Gasteiger partial charge in [0.15, 0.2) is 0 Å². The summed E-state index contributed by atoms with van der Waals surface area (Å²) in [5.41, 5.74) is 1.59. The van der Waals surface area contributed by atoms with Gasteiger partial charge in [-0.05, 0) is 30.4 Å². The quantitative estimate of drug-likeness (QED) is 0.768. The molecule has 0 heterocycles. The zero-order valence-corrected chi connectivity index (χ0v) is 7.73. The number of phenolic OH excluding ortho intramolecular Hbond substituents is 1. The van der Waals surface area contributed by atoms with Crippen LogP contribution in [0.2, 0.25) is 0 Å². The van der Waals surface area contributed by atoms with Crippen LogP contribution in [0.5, 0.6) is 5.75 Å². The monoisotopic (exact) mass is 192 g/mol. The normalized spacial score (nSPS) is 15.4. The van der Waals surface area contributed by atoms with E-state index in [9.17, 15) is 9.90 Å². The smallest absolute Gasteiger partial charge is 0.307 e. The highest BCUT2D eigenvalue weighted by atomic mass is 16.4. The fourth-order valence-electron chi connectivity index (χ4n) is 1.71. The summed E-state index contributed by atoms with van der Waals surface area (Å²) in [5, 5.41) is 18.3. The number of rotatable bonds is 3. The lowest BCUT2D eigenvalue weighted by Crippen LogP contribution is -2.03. The van der Waals surface area contributed by atoms with Gasteiger partial charge in [0.2, 0.25) is 0 Å². The lowest BCUT2D eigenvalue weighted by atomic mass is 10.00. The van der Waals surface area contributed by atoms with E-state index in [1.165, 1.54) is 0 Å². The van der Waals surface area contributed by atoms with E-state index in [0.717, 1.165) is 18.4 Å². The number of carboxylic acid groups (broad SMARTS) is 1. The predicted octanol–water partition coefficient (Wildman–Crippen LogP) is 1.90. The van der Waals surface area contributed by atoms with Crippen molar-refractivity contribution in [3.05, 3.63) is 29.3 Å². The molecule has 2 rings (SSSR count). The van der Waals surface area contributed by atoms with Crippen LogP contribution in [0.25, 0.3) is 0 Å². The Hall–Kier alpha value is -1.51. The van der Waals surface area contributed by atoms with Gasteiger partial charge < -0.3 is 10.2 Å². The van der Waals surface area contributed by atoms with Crippen LogP contribution in [-0.4, -0.2) is 16.2 Å². The number of hydrogen-bond acceptors (Lipinski definition) is 2. The maximum atomic E-state index is 10.6. The van der Waals surface area contributed by atoms with Gasteiger partial charge in [-0.15, -0.1) is 0 Å². The highest BCUT2D eigenvalue weighted by Crippen LogP contribution is 2.43. The van der Waals surface area contributed by atoms with Gasteiger partial charge in [0, 0.05) is 5.56 Å². The van der Waals surface area contributed by atoms with Crippen LogP contribution < -0.4 is 0 Å². The van der Waals surface area contributed by atoms with Crippen LogP contribution in [-0.2, 0) is 11.2 Å². The molecular weight excluding hydrogens is 180 g/mol. The average Bonchev–Trinajstić information content (AvgIpc) is 2.90. The summed E-state index contributed by atoms with van der Waals surface area (Å²) in [6.45, 7) is 0. The molecule has 0 bridgehead atoms. The van der Waals surface area contributed by atoms with Crippen LogP contribution in [0.15, 0.2) is 18.2 Å². The first kappa shape index (κ1) is 9.06. The van der Waals surface area contributed by atoms with Gasteiger partial charge in [-0.2, -0.15) is 0 Å². The molecule has 1 aliphatic carbocycles. The Balaban J connectivity index is 2.37. The maximum Gasteiger partial charge on any atom is 0.307 e. The highest BCUT2D eigenvalue weighted by Gasteiger charge is 2.27. The van der Waals surface area contributed by atoms with Crippen molar-refractivity contribution in [3.63, 3.8) is 0 Å². The zero-order chi connectivity index (χ0) is 10.1. The minimum absolute atomic E-state index is 0.0848. The van der Waals surface area contributed by atoms with Gasteiger partial charge in [0.25, 0.3) is 0 Å². The number of carbonyl (C=O) groups is 1. The number of carboxylic acids is 1. The van der Waals surface area contributed by atoms with E-state index < -0.39 is 5.97 Å². The van der Waals surface area contributed by atoms with Crippen molar-refractivity contribution >= 4 is 5.97 Å². The Morgan fingerprint density at radius 3 is 2.71 bits per heavy atom. The molecule has 3 nitrogen and oxygen atoms in total. The molecule has 1 fully saturated rings. The third-order valence-corrected chi connectivity index (χ3v) is 2.53. The maximum absolute atomic E-state index is 10.6. The minimum Gasteiger partial charge on any atom is -0.508 e. The number of aliphatic carboxylic acids is 1. The second-order valence-corrected chi connectivity index (χ2v) is 3.69. The molecule has 0 radical (unpaired) electrons. The summed E-state index contributed by atoms with van der Waals surface area (Å²) in [4.78, 5) is 10.6. The molecular formula is C11H12O3. The van der Waals surface area contributed by atoms with Crippen molar-refractivity contribution in [2.45, 2.75) is 25.2 Å². The summed E-state index contributed by atoms with van der Waals surface area (Å²) in [5.74, 6) is -0.318. The lowest BCUT2D eigenvalue weighted by Gasteiger charge is -2.08. The Morgan fingerprint density at radius 2 is 2.14 bits per heavy atom. The van der Waals surface area contributed by atoms with Crippen LogP contribution in [0.3, 0.4) is 0 Å². The Morgan fingerprint density at radius 1 is 1.43 bits per heavy atom. The van der Waals surface area contributed by atoms with Gasteiger partial charge in [-0.25, -0.2) is 0 Å². The van der Waals surface area contributed by atoms with Gasteiger partial charge in [-0.1, -0.05) is 12.1 Å². The topological polar surface area (TPSA) is 57.5 Å². The molecule has 3 heteroatoms. The first-order valence-corrected chi connectivity index (χ1v) is 4.71. The SMILES string of the molecule is O=C(O)Cc1c(O)cccc1C1CC1. The zero-order valence-electron chi connectivity index (χ0n) is 7.73. The molecule has 1 aromatic rings. The first-order valence-electron chi connectivity index (χ1n) is 4.71. The Bertz CT molecular complexity index is 367. The van der Waals surface area contributed by atoms with Crippen LogP contribution in [0, 0.1) is 0 Å². The van der Waals surface area contributed by atoms with Crippen molar-refractivity contribution in [1.82, 2.24) is 0 Å². The molecule has 1 aromatic carbocycles. The van der Waals surface area contributed by atoms with E-state index in [4.69, 9.17) is 5.11 Å². The van der Waals surface area contributed by atoms with Crippen LogP contribution in [0.4, 0.5) is 0 Å². The van der Waals surface area contributed by atoms with Crippen molar-refractivity contribution < 1.29 is 15.0 Å². The predicted molar refractivity (Wildman–Crippen MR) is 51.4 cm³/mol. The van der Waals surface area contributed by atoms with E-state index >= 15 is 0 Å². The van der Waals surface area contributed by atoms with Gasteiger partial charge >= 0.3 is 5.97 Å². The van der Waals surface area contributed by atoms with Crippen LogP contribution in [0.1, 0.15) is 29.9 Å². The average molecular weight is 192 g/mol. The molecule has 2 N–H and O–H groups in total. The van der Waals surface area contributed by atoms with Crippen molar-refractivity contribution in [1.29, 1.82) is 0 Å². The summed E-state index contributed by atoms with van der Waals surface area (Å²) in [6.07, 6.45) is 2.13. The third kappa shape index (κ3) is 1.71. The Kier molecular flexibility index (Phi) is 2.15. The third-order valence-electron chi connectivity index (χ3n) is 2.53. The molecule has 0 spiro atoms. The second kappa shape index (κ2) is 3.33. The number of phenols is 1. The van der Waals surface area contributed by atoms with Crippen molar-refractivity contribution in [3.8, 4) is 5.75 Å². The number of aromatic hydroxyl groups is 1. The standard InChI is InChI=1S/C11H12O3/c12-10-3-1-2-8(7-4-5-7)9(10)6-11(13)14/h1-3,7,12H,4-6H2,(H,13,14). The molecule has 0 saturated heterocycles. The second-order valence-electron chi connectivity index (χ2n) is 3.69. The summed E-state index contributed by atoms with van der Waals surface area (Å²) < 4.78 is 0. The molecule has 0 aromatic heterocycles. The molecule has 74 valence electrons. The van der Waals surface area contributed by atoms with Crippen molar-refractivity contribution in [2.75, 3.05) is 0 Å². The van der Waals surface area contributed by atoms with Gasteiger partial charge in [0.1, 0.15) is 5.75 Å². The molecule has 0 atom stereocenters. The summed E-state index contributed by atoms with van der Waals surface area (Å²) >= 11 is 0. The summed E-state index contributed by atoms with van der Waals surface area (Å²) in [6, 6.07) is 5.23. The molecule has 1 saturated carbocycles. The number of hydrogen-bond donors (Lipinski definition) is 2. The molecule has 0 aliphatic heterocycles. The van der Waals surface area contributed by atoms with E-state index in [1.54, 1.807) is 12.1 Å². The molecule has 1 aliphatic rings. The van der Waals surface area contributed by atoms with E-state index in [1.807, 2.05) is 6.07 Å². The fraction of sp³-hybridized carbons (Fsp3) is 0.364. The van der Waals surface area contributed by atoms with E-state index in [0.29, 0.717) is 11.5 Å². The van der Waals surface area contributed by atoms with Gasteiger partial charge in [0.05, 0.1) is 6.42 Å². The molecule has 0 amide bonds. The van der Waals surface area contributed by atoms with Gasteiger partial charge in [-0.3, -0.25) is 4.79 Å².